The van der Waals surface area contributed by atoms with Crippen LogP contribution in [0, 0.1) is 11.6 Å². The number of alkyl halides is 1. The first-order valence-corrected chi connectivity index (χ1v) is 9.42. The van der Waals surface area contributed by atoms with Crippen LogP contribution in [0.4, 0.5) is 8.78 Å². The molecular weight excluding hydrogens is 402 g/mol. The lowest BCUT2D eigenvalue weighted by atomic mass is 10.1. The van der Waals surface area contributed by atoms with E-state index < -0.39 is 0 Å². The molecule has 4 rings (SSSR count). The summed E-state index contributed by atoms with van der Waals surface area (Å²) in [6.07, 6.45) is 5.22. The average Bonchev–Trinajstić information content (AvgIpc) is 3.21. The molecule has 0 aliphatic heterocycles. The van der Waals surface area contributed by atoms with E-state index in [0.29, 0.717) is 6.42 Å². The summed E-state index contributed by atoms with van der Waals surface area (Å²) in [5.41, 5.74) is 4.02. The van der Waals surface area contributed by atoms with Crippen molar-refractivity contribution in [2.24, 2.45) is 0 Å². The third kappa shape index (κ3) is 4.14. The molecule has 2 aromatic heterocycles. The summed E-state index contributed by atoms with van der Waals surface area (Å²) in [4.78, 5) is 6.14. The summed E-state index contributed by atoms with van der Waals surface area (Å²) >= 11 is 3.37. The minimum Gasteiger partial charge on any atom is -0.396 e. The number of aromatic nitrogens is 2. The second-order valence-corrected chi connectivity index (χ2v) is 6.71. The lowest BCUT2D eigenvalue weighted by Crippen LogP contribution is -1.88. The Balaban J connectivity index is 0.000000151. The van der Waals surface area contributed by atoms with E-state index in [1.54, 1.807) is 24.4 Å². The number of hydrogen-bond donors (Lipinski definition) is 3. The second kappa shape index (κ2) is 8.47. The van der Waals surface area contributed by atoms with Crippen molar-refractivity contribution < 1.29 is 13.9 Å². The molecule has 0 aliphatic rings. The zero-order valence-electron chi connectivity index (χ0n) is 14.0. The van der Waals surface area contributed by atoms with Crippen LogP contribution in [0.5, 0.6) is 0 Å². The van der Waals surface area contributed by atoms with Crippen molar-refractivity contribution in [2.45, 2.75) is 12.8 Å². The van der Waals surface area contributed by atoms with E-state index in [2.05, 4.69) is 25.9 Å². The first-order valence-electron chi connectivity index (χ1n) is 8.30. The topological polar surface area (TPSA) is 51.8 Å². The first kappa shape index (κ1) is 18.6. The standard InChI is InChI=1S/C10H9BrFN.C10H10FNO/c11-4-3-7-6-13-10-2-1-8(12)5-9(7)10;11-8-1-2-10-9(5-8)7(3-4-13)6-12-10/h1-2,5-6,13H,3-4H2;1-2,5-6,12-13H,3-4H2. The molecule has 3 nitrogen and oxygen atoms in total. The van der Waals surface area contributed by atoms with Gasteiger partial charge in [-0.05, 0) is 60.4 Å². The van der Waals surface area contributed by atoms with Gasteiger partial charge >= 0.3 is 0 Å². The highest BCUT2D eigenvalue weighted by Gasteiger charge is 2.04. The Kier molecular flexibility index (Phi) is 6.06. The Labute approximate surface area is 158 Å². The van der Waals surface area contributed by atoms with Crippen LogP contribution >= 0.6 is 15.9 Å². The van der Waals surface area contributed by atoms with Crippen LogP contribution in [0.15, 0.2) is 48.8 Å². The third-order valence-electron chi connectivity index (χ3n) is 4.20. The van der Waals surface area contributed by atoms with Gasteiger partial charge in [-0.15, -0.1) is 0 Å². The van der Waals surface area contributed by atoms with E-state index in [1.807, 2.05) is 6.20 Å². The first-order chi connectivity index (χ1) is 12.6. The molecular formula is C20H19BrF2N2O. The summed E-state index contributed by atoms with van der Waals surface area (Å²) in [5, 5.41) is 11.5. The molecule has 0 amide bonds. The summed E-state index contributed by atoms with van der Waals surface area (Å²) in [6.45, 7) is 0.0868. The highest BCUT2D eigenvalue weighted by molar-refractivity contribution is 9.09. The van der Waals surface area contributed by atoms with Crippen molar-refractivity contribution in [1.29, 1.82) is 0 Å². The summed E-state index contributed by atoms with van der Waals surface area (Å²) in [6, 6.07) is 9.41. The number of benzene rings is 2. The molecule has 0 saturated heterocycles. The fourth-order valence-electron chi connectivity index (χ4n) is 2.94. The van der Waals surface area contributed by atoms with Crippen molar-refractivity contribution in [3.63, 3.8) is 0 Å². The van der Waals surface area contributed by atoms with Crippen LogP contribution in [0.1, 0.15) is 11.1 Å². The largest absolute Gasteiger partial charge is 0.396 e. The third-order valence-corrected chi connectivity index (χ3v) is 4.60. The van der Waals surface area contributed by atoms with E-state index >= 15 is 0 Å². The van der Waals surface area contributed by atoms with E-state index in [0.717, 1.165) is 44.7 Å². The summed E-state index contributed by atoms with van der Waals surface area (Å²) in [7, 11) is 0. The van der Waals surface area contributed by atoms with Crippen molar-refractivity contribution in [3.8, 4) is 0 Å². The van der Waals surface area contributed by atoms with Gasteiger partial charge in [-0.1, -0.05) is 15.9 Å². The van der Waals surface area contributed by atoms with Crippen LogP contribution in [0.25, 0.3) is 21.8 Å². The fourth-order valence-corrected chi connectivity index (χ4v) is 3.36. The van der Waals surface area contributed by atoms with Crippen LogP contribution in [-0.2, 0) is 12.8 Å². The van der Waals surface area contributed by atoms with Gasteiger partial charge in [0.1, 0.15) is 11.6 Å². The Morgan fingerprint density at radius 3 is 1.77 bits per heavy atom. The monoisotopic (exact) mass is 420 g/mol. The number of aliphatic hydroxyl groups excluding tert-OH is 1. The predicted octanol–water partition coefficient (Wildman–Crippen LogP) is 5.09. The number of hydrogen-bond acceptors (Lipinski definition) is 1. The molecule has 0 fully saturated rings. The maximum absolute atomic E-state index is 12.9. The molecule has 4 aromatic rings. The zero-order valence-corrected chi connectivity index (χ0v) is 15.6. The minimum absolute atomic E-state index is 0.0868. The van der Waals surface area contributed by atoms with Gasteiger partial charge in [0.05, 0.1) is 0 Å². The van der Waals surface area contributed by atoms with Gasteiger partial charge in [-0.3, -0.25) is 0 Å². The van der Waals surface area contributed by atoms with E-state index in [4.69, 9.17) is 5.11 Å². The average molecular weight is 421 g/mol. The van der Waals surface area contributed by atoms with Gasteiger partial charge < -0.3 is 15.1 Å². The van der Waals surface area contributed by atoms with Crippen molar-refractivity contribution >= 4 is 37.7 Å². The van der Waals surface area contributed by atoms with Gasteiger partial charge in [0, 0.05) is 46.1 Å². The van der Waals surface area contributed by atoms with Crippen molar-refractivity contribution in [2.75, 3.05) is 11.9 Å². The molecule has 0 aliphatic carbocycles. The zero-order chi connectivity index (χ0) is 18.5. The Bertz CT molecular complexity index is 928. The Morgan fingerprint density at radius 2 is 1.31 bits per heavy atom. The highest BCUT2D eigenvalue weighted by atomic mass is 79.9. The lowest BCUT2D eigenvalue weighted by Gasteiger charge is -1.95. The smallest absolute Gasteiger partial charge is 0.123 e. The minimum atomic E-state index is -0.244. The molecule has 0 atom stereocenters. The van der Waals surface area contributed by atoms with Gasteiger partial charge in [0.15, 0.2) is 0 Å². The molecule has 2 heterocycles. The molecule has 2 aromatic carbocycles. The molecule has 26 heavy (non-hydrogen) atoms. The van der Waals surface area contributed by atoms with Crippen LogP contribution in [0.2, 0.25) is 0 Å². The predicted molar refractivity (Wildman–Crippen MR) is 105 cm³/mol. The lowest BCUT2D eigenvalue weighted by molar-refractivity contribution is 0.300. The maximum Gasteiger partial charge on any atom is 0.123 e. The van der Waals surface area contributed by atoms with Gasteiger partial charge in [0.25, 0.3) is 0 Å². The number of rotatable bonds is 4. The van der Waals surface area contributed by atoms with Crippen molar-refractivity contribution in [3.05, 3.63) is 71.6 Å². The SMILES string of the molecule is Fc1ccc2[nH]cc(CCBr)c2c1.OCCc1c[nH]c2ccc(F)cc12. The number of aliphatic hydroxyl groups is 1. The van der Waals surface area contributed by atoms with Crippen molar-refractivity contribution in [1.82, 2.24) is 9.97 Å². The molecule has 0 bridgehead atoms. The number of H-pyrrole nitrogens is 2. The van der Waals surface area contributed by atoms with Gasteiger partial charge in [-0.2, -0.15) is 0 Å². The number of fused-ring (bicyclic) bond motifs is 2. The van der Waals surface area contributed by atoms with Crippen LogP contribution in [-0.4, -0.2) is 27.0 Å². The molecule has 6 heteroatoms. The van der Waals surface area contributed by atoms with Crippen LogP contribution < -0.4 is 0 Å². The Hall–Kier alpha value is -2.18. The fraction of sp³-hybridized carbons (Fsp3) is 0.200. The van der Waals surface area contributed by atoms with Gasteiger partial charge in [-0.25, -0.2) is 8.78 Å². The maximum atomic E-state index is 12.9. The molecule has 0 radical (unpaired) electrons. The molecule has 3 N–H and O–H groups in total. The number of aromatic amines is 2. The quantitative estimate of drug-likeness (QED) is 0.395. The number of aryl methyl sites for hydroxylation is 1. The highest BCUT2D eigenvalue weighted by Crippen LogP contribution is 2.20. The van der Waals surface area contributed by atoms with Crippen LogP contribution in [0.3, 0.4) is 0 Å². The number of halogens is 3. The Morgan fingerprint density at radius 1 is 0.808 bits per heavy atom. The van der Waals surface area contributed by atoms with E-state index in [9.17, 15) is 8.78 Å². The molecule has 0 unspecified atom stereocenters. The summed E-state index contributed by atoms with van der Waals surface area (Å²) in [5.74, 6) is -0.422. The second-order valence-electron chi connectivity index (χ2n) is 5.92. The molecule has 0 saturated carbocycles. The number of nitrogens with one attached hydrogen (secondary N) is 2. The van der Waals surface area contributed by atoms with E-state index in [1.165, 1.54) is 18.2 Å². The molecule has 0 spiro atoms. The normalized spacial score (nSPS) is 10.9. The summed E-state index contributed by atoms with van der Waals surface area (Å²) < 4.78 is 25.8. The van der Waals surface area contributed by atoms with E-state index in [-0.39, 0.29) is 18.2 Å². The van der Waals surface area contributed by atoms with Gasteiger partial charge in [0.2, 0.25) is 0 Å². The molecule has 136 valence electrons.